The zero-order chi connectivity index (χ0) is 42.1. The van der Waals surface area contributed by atoms with Gasteiger partial charge in [0.2, 0.25) is 15.9 Å². The molecule has 0 saturated heterocycles. The third-order valence-electron chi connectivity index (χ3n) is 9.99. The number of aliphatic hydroxyl groups is 1. The van der Waals surface area contributed by atoms with Gasteiger partial charge in [0, 0.05) is 59.1 Å². The molecule has 1 aliphatic rings. The molecule has 3 atom stereocenters. The van der Waals surface area contributed by atoms with Gasteiger partial charge in [-0.3, -0.25) is 4.79 Å². The van der Waals surface area contributed by atoms with Gasteiger partial charge in [-0.15, -0.1) is 0 Å². The highest BCUT2D eigenvalue weighted by Crippen LogP contribution is 2.46. The summed E-state index contributed by atoms with van der Waals surface area (Å²) in [4.78, 5) is 36.6. The monoisotopic (exact) mass is 834 g/mol. The number of pyridine rings is 1. The lowest BCUT2D eigenvalue weighted by atomic mass is 9.82. The molecule has 0 unspecified atom stereocenters. The molecule has 0 radical (unpaired) electrons. The predicted molar refractivity (Wildman–Crippen MR) is 218 cm³/mol. The minimum Gasteiger partial charge on any atom is -0.481 e. The highest BCUT2D eigenvalue weighted by atomic mass is 35.5. The van der Waals surface area contributed by atoms with Crippen molar-refractivity contribution in [2.45, 2.75) is 81.4 Å². The zero-order valence-corrected chi connectivity index (χ0v) is 34.4. The van der Waals surface area contributed by atoms with Crippen LogP contribution in [0.25, 0.3) is 10.4 Å². The highest BCUT2D eigenvalue weighted by Gasteiger charge is 2.45. The maximum atomic E-state index is 15.9. The number of aromatic nitrogens is 1. The largest absolute Gasteiger partial charge is 0.481 e. The van der Waals surface area contributed by atoms with Crippen molar-refractivity contribution in [2.75, 3.05) is 26.8 Å². The molecule has 1 aromatic heterocycles. The van der Waals surface area contributed by atoms with E-state index in [1.807, 2.05) is 0 Å². The molecule has 58 heavy (non-hydrogen) atoms. The van der Waals surface area contributed by atoms with Crippen LogP contribution in [-0.2, 0) is 32.4 Å². The van der Waals surface area contributed by atoms with Crippen molar-refractivity contribution in [3.63, 3.8) is 0 Å². The number of nitrogens with one attached hydrogen (secondary N) is 1. The Balaban J connectivity index is 1.46. The van der Waals surface area contributed by atoms with Crippen LogP contribution in [0.4, 0.5) is 9.18 Å². The lowest BCUT2D eigenvalue weighted by molar-refractivity contribution is -0.119. The molecule has 13 nitrogen and oxygen atoms in total. The standard InChI is InChI=1S/C42H48ClFN6O7S/c1-41(2,3)57-40(53)50(26-42(27-51)21-22-42)25-32(48-58(54,55)33-10-6-5-7-11-33)18-19-34-29(9-8-12-35(34)44)23-36(52)39(47-49-45)38(28-13-16-31(43)17-14-28)30-15-20-37(56-4)46-24-30/h5-17,20,24,32,38-39,48,51H,18-19,21-23,25-27H2,1-4H3/t32-,38-,39+/m0/s1. The van der Waals surface area contributed by atoms with Crippen LogP contribution >= 0.6 is 11.6 Å². The summed E-state index contributed by atoms with van der Waals surface area (Å²) < 4.78 is 56.9. The molecule has 4 aromatic rings. The molecule has 1 amide bonds. The number of azide groups is 1. The van der Waals surface area contributed by atoms with Crippen molar-refractivity contribution in [2.24, 2.45) is 10.5 Å². The van der Waals surface area contributed by atoms with E-state index in [1.165, 1.54) is 42.5 Å². The number of hydrogen-bond acceptors (Lipinski definition) is 9. The number of amides is 1. The van der Waals surface area contributed by atoms with E-state index in [4.69, 9.17) is 21.1 Å². The van der Waals surface area contributed by atoms with E-state index in [0.29, 0.717) is 40.4 Å². The Hall–Kier alpha value is -5.05. The lowest BCUT2D eigenvalue weighted by Crippen LogP contribution is -2.49. The summed E-state index contributed by atoms with van der Waals surface area (Å²) in [5, 5.41) is 14.6. The number of benzene rings is 3. The van der Waals surface area contributed by atoms with Gasteiger partial charge in [0.1, 0.15) is 23.2 Å². The van der Waals surface area contributed by atoms with Crippen LogP contribution in [-0.4, -0.2) is 79.8 Å². The summed E-state index contributed by atoms with van der Waals surface area (Å²) >= 11 is 6.18. The van der Waals surface area contributed by atoms with Crippen LogP contribution in [0.1, 0.15) is 68.2 Å². The maximum Gasteiger partial charge on any atom is 0.410 e. The van der Waals surface area contributed by atoms with Gasteiger partial charge in [0.25, 0.3) is 0 Å². The van der Waals surface area contributed by atoms with Crippen LogP contribution < -0.4 is 9.46 Å². The molecule has 308 valence electrons. The molecular formula is C42H48ClFN6O7S. The Labute approximate surface area is 343 Å². The van der Waals surface area contributed by atoms with Crippen LogP contribution in [0.15, 0.2) is 101 Å². The van der Waals surface area contributed by atoms with Gasteiger partial charge in [0.05, 0.1) is 18.6 Å². The first-order valence-corrected chi connectivity index (χ1v) is 20.7. The van der Waals surface area contributed by atoms with Gasteiger partial charge in [0.15, 0.2) is 0 Å². The predicted octanol–water partition coefficient (Wildman–Crippen LogP) is 7.79. The summed E-state index contributed by atoms with van der Waals surface area (Å²) in [6.45, 7) is 4.97. The number of rotatable bonds is 19. The van der Waals surface area contributed by atoms with Gasteiger partial charge < -0.3 is 19.5 Å². The fourth-order valence-corrected chi connectivity index (χ4v) is 8.18. The number of aliphatic hydroxyl groups excluding tert-OH is 1. The van der Waals surface area contributed by atoms with E-state index in [-0.39, 0.29) is 49.4 Å². The fraction of sp³-hybridized carbons (Fsp3) is 0.405. The van der Waals surface area contributed by atoms with Crippen molar-refractivity contribution >= 4 is 33.5 Å². The molecule has 2 N–H and O–H groups in total. The summed E-state index contributed by atoms with van der Waals surface area (Å²) in [7, 11) is -2.65. The Morgan fingerprint density at radius 3 is 2.33 bits per heavy atom. The smallest absolute Gasteiger partial charge is 0.410 e. The Morgan fingerprint density at radius 1 is 1.05 bits per heavy atom. The summed E-state index contributed by atoms with van der Waals surface area (Å²) in [5.74, 6) is -1.57. The third kappa shape index (κ3) is 11.8. The van der Waals surface area contributed by atoms with Crippen LogP contribution in [0.5, 0.6) is 5.88 Å². The number of ether oxygens (including phenoxy) is 2. The number of carbonyl (C=O) groups is 2. The van der Waals surface area contributed by atoms with Crippen molar-refractivity contribution in [3.05, 3.63) is 135 Å². The first-order chi connectivity index (χ1) is 27.6. The number of Topliss-reactive ketones (excluding diaryl/α,β-unsaturated/α-hetero) is 1. The molecule has 16 heteroatoms. The Kier molecular flexibility index (Phi) is 14.5. The average Bonchev–Trinajstić information content (AvgIpc) is 3.97. The summed E-state index contributed by atoms with van der Waals surface area (Å²) in [5.41, 5.74) is 9.95. The van der Waals surface area contributed by atoms with Crippen molar-refractivity contribution in [1.29, 1.82) is 0 Å². The number of ketones is 1. The van der Waals surface area contributed by atoms with Crippen molar-refractivity contribution in [3.8, 4) is 5.88 Å². The van der Waals surface area contributed by atoms with Crippen molar-refractivity contribution in [1.82, 2.24) is 14.6 Å². The molecule has 1 aliphatic carbocycles. The third-order valence-corrected chi connectivity index (χ3v) is 11.8. The first-order valence-electron chi connectivity index (χ1n) is 18.8. The van der Waals surface area contributed by atoms with Gasteiger partial charge in [-0.2, -0.15) is 0 Å². The molecule has 1 fully saturated rings. The minimum atomic E-state index is -4.12. The zero-order valence-electron chi connectivity index (χ0n) is 32.8. The molecule has 1 saturated carbocycles. The second-order valence-corrected chi connectivity index (χ2v) is 17.7. The number of halogens is 2. The molecule has 0 bridgehead atoms. The Morgan fingerprint density at radius 2 is 1.74 bits per heavy atom. The topological polar surface area (TPSA) is 184 Å². The van der Waals surface area contributed by atoms with E-state index in [2.05, 4.69) is 19.7 Å². The van der Waals surface area contributed by atoms with E-state index < -0.39 is 56.7 Å². The average molecular weight is 835 g/mol. The molecule has 1 heterocycles. The van der Waals surface area contributed by atoms with Crippen LogP contribution in [0.3, 0.4) is 0 Å². The minimum absolute atomic E-state index is 0.00130. The number of nitrogens with zero attached hydrogens (tertiary/aromatic N) is 5. The fourth-order valence-electron chi connectivity index (χ4n) is 6.77. The van der Waals surface area contributed by atoms with Gasteiger partial charge in [-0.1, -0.05) is 65.2 Å². The van der Waals surface area contributed by atoms with E-state index in [9.17, 15) is 28.6 Å². The first kappa shape index (κ1) is 44.1. The normalized spacial score (nSPS) is 15.0. The SMILES string of the molecule is COc1ccc([C@H](c2ccc(Cl)cc2)[C@H](N=[N+]=[N-])C(=O)Cc2cccc(F)c2CC[C@@H](CN(CC2(CO)CC2)C(=O)OC(C)(C)C)NS(=O)(=O)c2ccccc2)cn1. The van der Waals surface area contributed by atoms with E-state index in [1.54, 1.807) is 81.4 Å². The van der Waals surface area contributed by atoms with Crippen LogP contribution in [0, 0.1) is 11.2 Å². The van der Waals surface area contributed by atoms with E-state index >= 15 is 4.39 Å². The molecular weight excluding hydrogens is 787 g/mol. The summed E-state index contributed by atoms with van der Waals surface area (Å²) in [6.07, 6.45) is 1.85. The summed E-state index contributed by atoms with van der Waals surface area (Å²) in [6, 6.07) is 19.9. The number of methoxy groups -OCH3 is 1. The molecule has 0 spiro atoms. The van der Waals surface area contributed by atoms with Gasteiger partial charge >= 0.3 is 6.09 Å². The quantitative estimate of drug-likeness (QED) is 0.0545. The second kappa shape index (κ2) is 19.1. The van der Waals surface area contributed by atoms with Crippen LogP contribution in [0.2, 0.25) is 5.02 Å². The number of hydrogen-bond donors (Lipinski definition) is 2. The molecule has 5 rings (SSSR count). The maximum absolute atomic E-state index is 15.9. The number of carbonyl (C=O) groups excluding carboxylic acids is 2. The lowest BCUT2D eigenvalue weighted by Gasteiger charge is -2.33. The second-order valence-electron chi connectivity index (χ2n) is 15.5. The molecule has 0 aliphatic heterocycles. The molecule has 3 aromatic carbocycles. The van der Waals surface area contributed by atoms with Crippen molar-refractivity contribution < 1.29 is 37.0 Å². The van der Waals surface area contributed by atoms with E-state index in [0.717, 1.165) is 0 Å². The highest BCUT2D eigenvalue weighted by molar-refractivity contribution is 7.89. The number of sulfonamides is 1. The Bertz CT molecular complexity index is 2200. The van der Waals surface area contributed by atoms with Gasteiger partial charge in [-0.25, -0.2) is 27.3 Å². The van der Waals surface area contributed by atoms with Gasteiger partial charge in [-0.05, 0) is 105 Å².